The van der Waals surface area contributed by atoms with Crippen molar-refractivity contribution in [1.82, 2.24) is 0 Å². The summed E-state index contributed by atoms with van der Waals surface area (Å²) in [5.74, 6) is 0. The predicted octanol–water partition coefficient (Wildman–Crippen LogP) is 3.06. The molecule has 2 radical (unpaired) electrons. The average Bonchev–Trinajstić information content (AvgIpc) is 2.25. The third kappa shape index (κ3) is 49.8. The Kier molecular flexibility index (Phi) is 30.6. The normalized spacial score (nSPS) is 12.3. The van der Waals surface area contributed by atoms with E-state index in [1.165, 1.54) is 0 Å². The third-order valence-electron chi connectivity index (χ3n) is 2.07. The van der Waals surface area contributed by atoms with Gasteiger partial charge in [-0.15, -0.1) is 0 Å². The minimum atomic E-state index is -6.09. The molecular weight excluding hydrogens is 792 g/mol. The molecule has 0 aliphatic carbocycles. The maximum atomic E-state index is 10.7. The van der Waals surface area contributed by atoms with E-state index < -0.39 is 31.3 Å². The Labute approximate surface area is 243 Å². The number of rotatable bonds is 0. The van der Waals surface area contributed by atoms with Gasteiger partial charge in [-0.2, -0.15) is 26.3 Å². The minimum absolute atomic E-state index is 0. The summed E-state index contributed by atoms with van der Waals surface area (Å²) in [6, 6.07) is 0. The maximum absolute atomic E-state index is 10.7. The molecular formula is C18H44F6O10S2Sn2. The van der Waals surface area contributed by atoms with Gasteiger partial charge in [-0.25, -0.2) is 16.8 Å². The summed E-state index contributed by atoms with van der Waals surface area (Å²) < 4.78 is 120. The summed E-state index contributed by atoms with van der Waals surface area (Å²) in [5, 5.41) is 0. The maximum Gasteiger partial charge on any atom is 0.485 e. The molecule has 0 atom stereocenters. The van der Waals surface area contributed by atoms with Gasteiger partial charge in [0.25, 0.3) is 0 Å². The fourth-order valence-electron chi connectivity index (χ4n) is 2.25. The Balaban J connectivity index is -0.0000000509. The molecule has 0 aliphatic rings. The molecule has 0 unspecified atom stereocenters. The first-order valence-electron chi connectivity index (χ1n) is 9.54. The second kappa shape index (κ2) is 19.9. The summed E-state index contributed by atoms with van der Waals surface area (Å²) in [5.41, 5.74) is -11.3. The minimum Gasteiger partial charge on any atom is -0.741 e. The molecule has 10 nitrogen and oxygen atoms in total. The van der Waals surface area contributed by atoms with Gasteiger partial charge >= 0.3 is 150 Å². The molecule has 20 heteroatoms. The summed E-state index contributed by atoms with van der Waals surface area (Å²) >= 11 is -0.363. The number of hydrogen-bond donors (Lipinski definition) is 0. The standard InChI is InChI=1S/4C4H9.2CHF3O3S.4H2O.2Sn/c4*1-4(2)3;2*2-1(3,4)8(5,6)7;;;;;;/h4*1-3H3;2*(H,5,6,7);4*1H2;;/q;;;;;;;;;;2*+1/p-2. The van der Waals surface area contributed by atoms with Gasteiger partial charge in [0.2, 0.25) is 0 Å². The molecule has 0 aromatic carbocycles. The van der Waals surface area contributed by atoms with Crippen molar-refractivity contribution in [2.45, 2.75) is 108 Å². The van der Waals surface area contributed by atoms with Crippen LogP contribution in [0.2, 0.25) is 13.7 Å². The molecule has 0 aromatic heterocycles. The molecule has 238 valence electrons. The van der Waals surface area contributed by atoms with Gasteiger partial charge in [0.05, 0.1) is 0 Å². The summed E-state index contributed by atoms with van der Waals surface area (Å²) in [7, 11) is -12.2. The van der Waals surface area contributed by atoms with Gasteiger partial charge in [-0.1, -0.05) is 0 Å². The van der Waals surface area contributed by atoms with E-state index in [1.807, 2.05) is 0 Å². The second-order valence-corrected chi connectivity index (χ2v) is 32.3. The van der Waals surface area contributed by atoms with Crippen molar-refractivity contribution in [1.29, 1.82) is 0 Å². The third-order valence-corrected chi connectivity index (χ3v) is 11.8. The Bertz CT molecular complexity index is 698. The van der Waals surface area contributed by atoms with Crippen LogP contribution in [0.15, 0.2) is 0 Å². The molecule has 0 rings (SSSR count). The molecule has 0 saturated carbocycles. The molecule has 0 spiro atoms. The molecule has 0 aliphatic heterocycles. The van der Waals surface area contributed by atoms with Gasteiger partial charge in [-0.3, -0.25) is 0 Å². The van der Waals surface area contributed by atoms with Crippen LogP contribution in [-0.2, 0) is 20.2 Å². The Morgan fingerprint density at radius 2 is 0.500 bits per heavy atom. The van der Waals surface area contributed by atoms with Crippen LogP contribution in [0.25, 0.3) is 0 Å². The monoisotopic (exact) mass is 838 g/mol. The van der Waals surface area contributed by atoms with Crippen LogP contribution >= 0.6 is 0 Å². The van der Waals surface area contributed by atoms with Crippen LogP contribution in [0, 0.1) is 0 Å². The summed E-state index contributed by atoms with van der Waals surface area (Å²) in [6.45, 7) is 28.4. The van der Waals surface area contributed by atoms with E-state index in [4.69, 9.17) is 25.9 Å². The second-order valence-electron chi connectivity index (χ2n) is 11.0. The molecule has 0 aromatic rings. The number of alkyl halides is 6. The molecule has 0 fully saturated rings. The van der Waals surface area contributed by atoms with Crippen LogP contribution in [0.5, 0.6) is 0 Å². The largest absolute Gasteiger partial charge is 0.741 e. The summed E-state index contributed by atoms with van der Waals surface area (Å²) in [4.78, 5) is 0. The first-order chi connectivity index (χ1) is 13.9. The smallest absolute Gasteiger partial charge is 0.485 e. The molecule has 0 bridgehead atoms. The van der Waals surface area contributed by atoms with E-state index in [0.29, 0.717) is 13.7 Å². The van der Waals surface area contributed by atoms with Crippen molar-refractivity contribution in [3.63, 3.8) is 0 Å². The van der Waals surface area contributed by atoms with Crippen LogP contribution in [0.3, 0.4) is 0 Å². The quantitative estimate of drug-likeness (QED) is 0.154. The van der Waals surface area contributed by atoms with Crippen molar-refractivity contribution in [3.8, 4) is 0 Å². The van der Waals surface area contributed by atoms with Crippen LogP contribution in [0.1, 0.15) is 83.1 Å². The molecule has 38 heavy (non-hydrogen) atoms. The van der Waals surface area contributed by atoms with Crippen molar-refractivity contribution in [3.05, 3.63) is 0 Å². The zero-order valence-corrected chi connectivity index (χ0v) is 30.9. The Morgan fingerprint density at radius 1 is 0.421 bits per heavy atom. The van der Waals surface area contributed by atoms with Crippen molar-refractivity contribution in [2.75, 3.05) is 0 Å². The first-order valence-corrected chi connectivity index (χ1v) is 18.1. The van der Waals surface area contributed by atoms with Gasteiger partial charge in [0.1, 0.15) is 0 Å². The van der Waals surface area contributed by atoms with E-state index in [2.05, 4.69) is 83.1 Å². The summed E-state index contributed by atoms with van der Waals surface area (Å²) in [6.07, 6.45) is 0. The van der Waals surface area contributed by atoms with E-state index >= 15 is 0 Å². The van der Waals surface area contributed by atoms with Gasteiger partial charge in [-0.05, 0) is 0 Å². The van der Waals surface area contributed by atoms with Crippen molar-refractivity contribution < 1.29 is 74.2 Å². The predicted molar refractivity (Wildman–Crippen MR) is 136 cm³/mol. The van der Waals surface area contributed by atoms with E-state index in [-0.39, 0.29) is 64.2 Å². The first kappa shape index (κ1) is 58.5. The zero-order valence-electron chi connectivity index (χ0n) is 23.5. The van der Waals surface area contributed by atoms with E-state index in [9.17, 15) is 26.3 Å². The Morgan fingerprint density at radius 3 is 0.500 bits per heavy atom. The van der Waals surface area contributed by atoms with Gasteiger partial charge < -0.3 is 31.0 Å². The average molecular weight is 836 g/mol. The van der Waals surface area contributed by atoms with E-state index in [1.54, 1.807) is 0 Å². The van der Waals surface area contributed by atoms with E-state index in [0.717, 1.165) is 0 Å². The van der Waals surface area contributed by atoms with Crippen LogP contribution in [0.4, 0.5) is 26.3 Å². The van der Waals surface area contributed by atoms with Crippen molar-refractivity contribution >= 4 is 62.5 Å². The van der Waals surface area contributed by atoms with Gasteiger partial charge in [0.15, 0.2) is 20.2 Å². The van der Waals surface area contributed by atoms with Crippen LogP contribution < -0.4 is 0 Å². The molecule has 0 amide bonds. The fraction of sp³-hybridized carbons (Fsp3) is 1.00. The zero-order chi connectivity index (χ0) is 29.4. The number of halogens is 6. The van der Waals surface area contributed by atoms with Crippen LogP contribution in [-0.4, -0.2) is 101 Å². The Hall–Kier alpha value is 0.837. The molecule has 0 heterocycles. The molecule has 0 saturated heterocycles. The number of hydrogen-bond acceptors (Lipinski definition) is 6. The topological polar surface area (TPSA) is 240 Å². The van der Waals surface area contributed by atoms with Gasteiger partial charge in [0, 0.05) is 0 Å². The fourth-order valence-corrected chi connectivity index (χ4v) is 15.1. The van der Waals surface area contributed by atoms with Crippen molar-refractivity contribution in [2.24, 2.45) is 0 Å². The SMILES string of the molecule is C[C](C)(C)[Sn+][C](C)(C)C.C[C](C)(C)[Sn+][C](C)(C)C.O.O.O.O.O=S(=O)([O-])C(F)(F)F.O=S(=O)([O-])C(F)(F)F. The molecule has 8 N–H and O–H groups in total.